The molecule has 0 aliphatic heterocycles. The minimum atomic E-state index is -4.25. The standard InChI is InChI=1S/2C20H21ClN4O6S2.Co.Na/c2*1-3-22-32(28,29)12-9-17(26)19(18(10-12)33(30,31)23-4-2)25-24-16-11-15(21)13-7-5-6-8-14(13)20(16)27;;/h2*5-11,22-23,25-26H,3-4H2,1-2H3;;/q;;;+1/b2*24-16-;;. The topological polar surface area (TPSA) is 308 Å². The zero-order valence-corrected chi connectivity index (χ0v) is 44.3. The van der Waals surface area contributed by atoms with Crippen LogP contribution in [0, 0.1) is 0 Å². The van der Waals surface area contributed by atoms with Gasteiger partial charge in [-0.15, -0.1) is 0 Å². The van der Waals surface area contributed by atoms with Gasteiger partial charge in [0.1, 0.15) is 44.1 Å². The average molecular weight is 1110 g/mol. The fourth-order valence-corrected chi connectivity index (χ4v) is 11.5. The summed E-state index contributed by atoms with van der Waals surface area (Å²) in [6, 6.07) is 16.8. The maximum atomic E-state index is 12.8. The van der Waals surface area contributed by atoms with Gasteiger partial charge in [-0.2, -0.15) is 10.2 Å². The number of carbonyl (C=O) groups is 2. The van der Waals surface area contributed by atoms with Crippen LogP contribution in [0.3, 0.4) is 0 Å². The molecule has 0 aromatic heterocycles. The third-order valence-corrected chi connectivity index (χ3v) is 15.9. The summed E-state index contributed by atoms with van der Waals surface area (Å²) in [4.78, 5) is 23.5. The van der Waals surface area contributed by atoms with Crippen molar-refractivity contribution in [2.75, 3.05) is 37.0 Å². The molecule has 0 saturated heterocycles. The number of Topliss-reactive ketones (excluding diaryl/α,β-unsaturated/α-hetero) is 2. The van der Waals surface area contributed by atoms with Crippen LogP contribution in [0.4, 0.5) is 11.4 Å². The number of phenols is 2. The first-order valence-corrected chi connectivity index (χ1v) is 26.1. The Bertz CT molecular complexity index is 3000. The zero-order valence-electron chi connectivity index (χ0n) is 36.5. The molecule has 0 atom stereocenters. The molecule has 0 amide bonds. The molecule has 2 aliphatic rings. The Balaban J connectivity index is 0.000000350. The van der Waals surface area contributed by atoms with Crippen LogP contribution in [-0.4, -0.2) is 93.1 Å². The van der Waals surface area contributed by atoms with Crippen LogP contribution >= 0.6 is 23.2 Å². The quantitative estimate of drug-likeness (QED) is 0.0448. The van der Waals surface area contributed by atoms with Crippen LogP contribution in [0.25, 0.3) is 10.1 Å². The number of carbonyl (C=O) groups excluding carboxylic acids is 2. The second-order valence-corrected chi connectivity index (χ2v) is 21.4. The molecule has 2 aliphatic carbocycles. The first kappa shape index (κ1) is 58.3. The number of aromatic hydroxyl groups is 2. The predicted molar refractivity (Wildman–Crippen MR) is 251 cm³/mol. The molecule has 0 spiro atoms. The van der Waals surface area contributed by atoms with E-state index in [1.54, 1.807) is 62.4 Å². The number of fused-ring (bicyclic) bond motifs is 2. The Kier molecular flexibility index (Phi) is 20.7. The molecule has 20 nitrogen and oxygen atoms in total. The molecule has 8 N–H and O–H groups in total. The van der Waals surface area contributed by atoms with Gasteiger partial charge in [-0.1, -0.05) is 99.4 Å². The van der Waals surface area contributed by atoms with Crippen molar-refractivity contribution in [3.8, 4) is 11.5 Å². The van der Waals surface area contributed by atoms with Crippen molar-refractivity contribution in [3.05, 3.63) is 107 Å². The monoisotopic (exact) mass is 1110 g/mol. The Labute approximate surface area is 435 Å². The third-order valence-electron chi connectivity index (χ3n) is 9.07. The van der Waals surface area contributed by atoms with Crippen molar-refractivity contribution in [2.24, 2.45) is 10.2 Å². The van der Waals surface area contributed by atoms with Gasteiger partial charge in [0.15, 0.2) is 0 Å². The summed E-state index contributed by atoms with van der Waals surface area (Å²) in [5.74, 6) is -2.34. The Hall–Kier alpha value is -4.03. The number of phenolic OH excluding ortho intramolecular Hbond substituents is 2. The fourth-order valence-electron chi connectivity index (χ4n) is 6.17. The summed E-state index contributed by atoms with van der Waals surface area (Å²) in [6.07, 6.45) is 2.61. The van der Waals surface area contributed by atoms with Crippen LogP contribution in [0.2, 0.25) is 0 Å². The average Bonchev–Trinajstić information content (AvgIpc) is 3.25. The van der Waals surface area contributed by atoms with Gasteiger partial charge in [-0.25, -0.2) is 52.6 Å². The van der Waals surface area contributed by atoms with Crippen LogP contribution < -0.4 is 59.3 Å². The molecule has 0 saturated carbocycles. The van der Waals surface area contributed by atoms with E-state index in [0.717, 1.165) is 24.3 Å². The first-order chi connectivity index (χ1) is 31.0. The number of nitrogens with zero attached hydrogens (tertiary/aromatic N) is 2. The second-order valence-electron chi connectivity index (χ2n) is 13.6. The molecular weight excluding hydrogens is 1070 g/mol. The van der Waals surface area contributed by atoms with Crippen molar-refractivity contribution in [1.29, 1.82) is 0 Å². The minimum absolute atomic E-state index is 0. The van der Waals surface area contributed by atoms with Gasteiger partial charge >= 0.3 is 29.6 Å². The molecule has 1 radical (unpaired) electrons. The van der Waals surface area contributed by atoms with Gasteiger partial charge in [0.2, 0.25) is 51.7 Å². The van der Waals surface area contributed by atoms with Crippen molar-refractivity contribution in [2.45, 2.75) is 47.3 Å². The first-order valence-electron chi connectivity index (χ1n) is 19.5. The number of nitrogens with one attached hydrogen (secondary N) is 6. The van der Waals surface area contributed by atoms with E-state index in [9.17, 15) is 53.5 Å². The van der Waals surface area contributed by atoms with E-state index >= 15 is 0 Å². The minimum Gasteiger partial charge on any atom is -0.506 e. The molecule has 361 valence electrons. The van der Waals surface area contributed by atoms with Gasteiger partial charge in [-0.3, -0.25) is 20.4 Å². The number of sulfonamides is 4. The summed E-state index contributed by atoms with van der Waals surface area (Å²) in [6.45, 7) is 6.31. The second kappa shape index (κ2) is 24.2. The van der Waals surface area contributed by atoms with E-state index in [1.165, 1.54) is 26.0 Å². The summed E-state index contributed by atoms with van der Waals surface area (Å²) in [7, 11) is -16.7. The van der Waals surface area contributed by atoms with Crippen LogP contribution in [0.15, 0.2) is 115 Å². The van der Waals surface area contributed by atoms with Crippen LogP contribution in [0.1, 0.15) is 59.5 Å². The number of rotatable bonds is 16. The summed E-state index contributed by atoms with van der Waals surface area (Å²) in [5, 5.41) is 29.4. The predicted octanol–water partition coefficient (Wildman–Crippen LogP) is 1.47. The number of benzene rings is 4. The number of hydrogen-bond acceptors (Lipinski definition) is 16. The number of hydrogen-bond donors (Lipinski definition) is 8. The number of halogens is 2. The molecule has 0 unspecified atom stereocenters. The molecule has 28 heteroatoms. The number of allylic oxidation sites excluding steroid dienone is 2. The molecule has 0 heterocycles. The van der Waals surface area contributed by atoms with Crippen molar-refractivity contribution < 1.29 is 99.8 Å². The SMILES string of the molecule is CCNS(=O)(=O)c1cc(O)c(N/N=C2/C=C(Cl)c3ccccc3C2=O)c(S(=O)(=O)NCC)c1.CCNS(=O)(=O)c1cc(O)c(N/N=C2/C=C(Cl)c3ccccc3C2=O)c(S(=O)(=O)NCC)c1.[Co].[Na+]. The molecule has 4 aromatic rings. The van der Waals surface area contributed by atoms with Gasteiger partial charge in [0.25, 0.3) is 0 Å². The summed E-state index contributed by atoms with van der Waals surface area (Å²) in [5.41, 5.74) is 5.37. The van der Waals surface area contributed by atoms with E-state index in [-0.39, 0.29) is 94.0 Å². The van der Waals surface area contributed by atoms with Crippen molar-refractivity contribution in [1.82, 2.24) is 18.9 Å². The largest absolute Gasteiger partial charge is 1.00 e. The zero-order chi connectivity index (χ0) is 48.8. The van der Waals surface area contributed by atoms with Gasteiger partial charge in [0.05, 0.1) is 19.9 Å². The van der Waals surface area contributed by atoms with E-state index in [0.29, 0.717) is 22.3 Å². The smallest absolute Gasteiger partial charge is 0.506 e. The van der Waals surface area contributed by atoms with E-state index < -0.39 is 94.1 Å². The summed E-state index contributed by atoms with van der Waals surface area (Å²) >= 11 is 12.5. The number of anilines is 2. The number of ketones is 2. The van der Waals surface area contributed by atoms with Gasteiger partial charge < -0.3 is 10.2 Å². The van der Waals surface area contributed by atoms with E-state index in [1.807, 2.05) is 0 Å². The molecule has 0 bridgehead atoms. The molecule has 0 fully saturated rings. The molecular formula is C40H42Cl2CoN8NaO12S4+. The van der Waals surface area contributed by atoms with E-state index in [4.69, 9.17) is 23.2 Å². The maximum Gasteiger partial charge on any atom is 1.00 e. The van der Waals surface area contributed by atoms with Crippen LogP contribution in [-0.2, 0) is 56.9 Å². The van der Waals surface area contributed by atoms with Crippen molar-refractivity contribution in [3.63, 3.8) is 0 Å². The Morgan fingerprint density at radius 3 is 1.10 bits per heavy atom. The van der Waals surface area contributed by atoms with Gasteiger partial charge in [-0.05, 0) is 24.3 Å². The molecule has 4 aromatic carbocycles. The third kappa shape index (κ3) is 13.2. The normalized spacial score (nSPS) is 14.9. The van der Waals surface area contributed by atoms with E-state index in [2.05, 4.69) is 39.9 Å². The van der Waals surface area contributed by atoms with Crippen molar-refractivity contribution >= 4 is 108 Å². The fraction of sp³-hybridized carbons (Fsp3) is 0.200. The maximum absolute atomic E-state index is 12.8. The molecule has 6 rings (SSSR count). The molecule has 68 heavy (non-hydrogen) atoms. The van der Waals surface area contributed by atoms with Gasteiger partial charge in [0, 0.05) is 77.3 Å². The summed E-state index contributed by atoms with van der Waals surface area (Å²) < 4.78 is 109. The Morgan fingerprint density at radius 2 is 0.794 bits per heavy atom. The van der Waals surface area contributed by atoms with Crippen LogP contribution in [0.5, 0.6) is 11.5 Å². The number of hydrazone groups is 2. The Morgan fingerprint density at radius 1 is 0.500 bits per heavy atom.